The molecule has 0 bridgehead atoms. The molecular formula is C21H27FN8O3. The fourth-order valence-corrected chi connectivity index (χ4v) is 3.69. The second-order valence-electron chi connectivity index (χ2n) is 8.19. The van der Waals surface area contributed by atoms with Gasteiger partial charge in [0.1, 0.15) is 12.4 Å². The van der Waals surface area contributed by atoms with E-state index in [-0.39, 0.29) is 30.6 Å². The largest absolute Gasteiger partial charge is 0.486 e. The maximum atomic E-state index is 14.5. The summed E-state index contributed by atoms with van der Waals surface area (Å²) >= 11 is 0. The highest BCUT2D eigenvalue weighted by molar-refractivity contribution is 5.67. The molecule has 0 spiro atoms. The first-order valence-electron chi connectivity index (χ1n) is 10.8. The molecule has 33 heavy (non-hydrogen) atoms. The first-order valence-corrected chi connectivity index (χ1v) is 10.8. The fourth-order valence-electron chi connectivity index (χ4n) is 3.69. The number of amides is 1. The molecule has 1 aliphatic rings. The molecule has 1 aromatic carbocycles. The zero-order valence-electron chi connectivity index (χ0n) is 18.8. The molecule has 2 N–H and O–H groups in total. The van der Waals surface area contributed by atoms with Crippen molar-refractivity contribution in [3.63, 3.8) is 0 Å². The molecule has 0 aliphatic carbocycles. The molecule has 3 aromatic rings. The molecule has 0 unspecified atom stereocenters. The summed E-state index contributed by atoms with van der Waals surface area (Å²) in [7, 11) is 1.64. The number of hydrogen-bond donors (Lipinski definition) is 1. The molecule has 1 aliphatic heterocycles. The van der Waals surface area contributed by atoms with Crippen LogP contribution in [-0.4, -0.2) is 60.2 Å². The lowest BCUT2D eigenvalue weighted by molar-refractivity contribution is 0.0655. The van der Waals surface area contributed by atoms with Gasteiger partial charge in [0.15, 0.2) is 11.6 Å². The summed E-state index contributed by atoms with van der Waals surface area (Å²) in [5, 5.41) is 16.1. The third-order valence-electron chi connectivity index (χ3n) is 5.40. The zero-order chi connectivity index (χ0) is 23.5. The maximum absolute atomic E-state index is 14.5. The van der Waals surface area contributed by atoms with Gasteiger partial charge in [0.2, 0.25) is 5.82 Å². The number of halogens is 1. The Morgan fingerprint density at radius 1 is 1.30 bits per heavy atom. The van der Waals surface area contributed by atoms with Crippen LogP contribution in [0.2, 0.25) is 0 Å². The smallest absolute Gasteiger partial charge is 0.410 e. The molecule has 11 nitrogen and oxygen atoms in total. The molecular weight excluding hydrogens is 431 g/mol. The minimum absolute atomic E-state index is 0.0670. The Morgan fingerprint density at radius 3 is 2.70 bits per heavy atom. The Morgan fingerprint density at radius 2 is 2.06 bits per heavy atom. The minimum Gasteiger partial charge on any atom is -0.486 e. The van der Waals surface area contributed by atoms with E-state index in [0.29, 0.717) is 48.7 Å². The van der Waals surface area contributed by atoms with Crippen molar-refractivity contribution in [2.45, 2.75) is 45.4 Å². The summed E-state index contributed by atoms with van der Waals surface area (Å²) in [6, 6.07) is 4.56. The van der Waals surface area contributed by atoms with Crippen molar-refractivity contribution in [3.05, 3.63) is 35.8 Å². The molecule has 0 saturated carbocycles. The van der Waals surface area contributed by atoms with Crippen LogP contribution in [0.5, 0.6) is 5.75 Å². The second-order valence-corrected chi connectivity index (χ2v) is 8.19. The van der Waals surface area contributed by atoms with E-state index in [4.69, 9.17) is 15.2 Å². The van der Waals surface area contributed by atoms with Gasteiger partial charge in [-0.2, -0.15) is 9.90 Å². The van der Waals surface area contributed by atoms with Crippen LogP contribution in [0.1, 0.15) is 38.3 Å². The van der Waals surface area contributed by atoms with Gasteiger partial charge in [-0.3, -0.25) is 0 Å². The van der Waals surface area contributed by atoms with Crippen molar-refractivity contribution in [2.75, 3.05) is 18.8 Å². The highest BCUT2D eigenvalue weighted by Crippen LogP contribution is 2.28. The summed E-state index contributed by atoms with van der Waals surface area (Å²) < 4.78 is 27.2. The quantitative estimate of drug-likeness (QED) is 0.597. The van der Waals surface area contributed by atoms with Crippen molar-refractivity contribution in [1.82, 2.24) is 34.9 Å². The van der Waals surface area contributed by atoms with E-state index in [9.17, 15) is 9.18 Å². The van der Waals surface area contributed by atoms with E-state index < -0.39 is 5.82 Å². The lowest BCUT2D eigenvalue weighted by Gasteiger charge is -2.32. The Bertz CT molecular complexity index is 1120. The average Bonchev–Trinajstić information content (AvgIpc) is 3.38. The number of aromatic nitrogens is 6. The lowest BCUT2D eigenvalue weighted by Crippen LogP contribution is -2.40. The minimum atomic E-state index is -0.536. The van der Waals surface area contributed by atoms with Crippen molar-refractivity contribution in [3.8, 4) is 17.1 Å². The van der Waals surface area contributed by atoms with Crippen molar-refractivity contribution >= 4 is 11.9 Å². The molecule has 12 heteroatoms. The van der Waals surface area contributed by atoms with Gasteiger partial charge in [-0.1, -0.05) is 0 Å². The number of nitrogens with zero attached hydrogens (tertiary/aromatic N) is 7. The monoisotopic (exact) mass is 458 g/mol. The molecule has 176 valence electrons. The second kappa shape index (κ2) is 9.43. The van der Waals surface area contributed by atoms with Gasteiger partial charge in [0.25, 0.3) is 0 Å². The number of tetrazole rings is 1. The number of anilines is 1. The third-order valence-corrected chi connectivity index (χ3v) is 5.40. The van der Waals surface area contributed by atoms with Crippen LogP contribution in [0.4, 0.5) is 15.0 Å². The Balaban J connectivity index is 1.36. The number of carbonyl (C=O) groups excluding carboxylic acids is 1. The van der Waals surface area contributed by atoms with Crippen molar-refractivity contribution in [2.24, 2.45) is 7.05 Å². The Labute approximate surface area is 190 Å². The third kappa shape index (κ3) is 5.04. The van der Waals surface area contributed by atoms with Gasteiger partial charge in [-0.05, 0) is 50.1 Å². The number of nitrogens with two attached hydrogens (primary N) is 1. The van der Waals surface area contributed by atoms with E-state index in [1.165, 1.54) is 16.9 Å². The lowest BCUT2D eigenvalue weighted by atomic mass is 10.1. The van der Waals surface area contributed by atoms with Crippen molar-refractivity contribution in [1.29, 1.82) is 0 Å². The van der Waals surface area contributed by atoms with Crippen LogP contribution in [-0.2, 0) is 18.4 Å². The number of piperidine rings is 1. The van der Waals surface area contributed by atoms with Gasteiger partial charge in [-0.15, -0.1) is 10.2 Å². The molecule has 3 heterocycles. The van der Waals surface area contributed by atoms with Gasteiger partial charge >= 0.3 is 6.09 Å². The number of nitrogen functional groups attached to an aromatic ring is 1. The Kier molecular flexibility index (Phi) is 6.43. The van der Waals surface area contributed by atoms with Crippen LogP contribution in [0, 0.1) is 5.82 Å². The van der Waals surface area contributed by atoms with E-state index >= 15 is 0 Å². The number of ether oxygens (including phenoxy) is 2. The molecule has 1 fully saturated rings. The molecule has 2 aromatic heterocycles. The number of likely N-dealkylation sites (tertiary alicyclic amines) is 1. The van der Waals surface area contributed by atoms with Crippen molar-refractivity contribution < 1.29 is 18.7 Å². The standard InChI is InChI=1S/C21H27FN8O3/c1-13(2)33-21(31)29-8-6-16(7-9-29)30-19(23)15(11-24-30)12-32-18-5-4-14(10-17(18)22)20-25-27-28(3)26-20/h4-5,10-11,13,16H,6-9,12,23H2,1-3H3. The molecule has 0 atom stereocenters. The van der Waals surface area contributed by atoms with Crippen LogP contribution in [0.15, 0.2) is 24.4 Å². The maximum Gasteiger partial charge on any atom is 0.410 e. The number of benzene rings is 1. The van der Waals surface area contributed by atoms with Gasteiger partial charge in [0.05, 0.1) is 31.0 Å². The Hall–Kier alpha value is -3.70. The highest BCUT2D eigenvalue weighted by atomic mass is 19.1. The summed E-state index contributed by atoms with van der Waals surface area (Å²) in [4.78, 5) is 15.1. The predicted octanol–water partition coefficient (Wildman–Crippen LogP) is 2.56. The zero-order valence-corrected chi connectivity index (χ0v) is 18.8. The topological polar surface area (TPSA) is 126 Å². The predicted molar refractivity (Wildman–Crippen MR) is 117 cm³/mol. The highest BCUT2D eigenvalue weighted by Gasteiger charge is 2.27. The SMILES string of the molecule is CC(C)OC(=O)N1CCC(n2ncc(COc3ccc(-c4nnn(C)n4)cc3F)c2N)CC1. The summed E-state index contributed by atoms with van der Waals surface area (Å²) in [5.74, 6) is 0.356. The molecule has 1 amide bonds. The average molecular weight is 458 g/mol. The number of aryl methyl sites for hydroxylation is 1. The van der Waals surface area contributed by atoms with Crippen LogP contribution in [0.25, 0.3) is 11.4 Å². The summed E-state index contributed by atoms with van der Waals surface area (Å²) in [6.45, 7) is 4.87. The van der Waals surface area contributed by atoms with Crippen LogP contribution < -0.4 is 10.5 Å². The van der Waals surface area contributed by atoms with Gasteiger partial charge in [0, 0.05) is 18.7 Å². The van der Waals surface area contributed by atoms with Crippen LogP contribution >= 0.6 is 0 Å². The summed E-state index contributed by atoms with van der Waals surface area (Å²) in [6.07, 6.45) is 2.61. The fraction of sp³-hybridized carbons (Fsp3) is 0.476. The molecule has 1 saturated heterocycles. The van der Waals surface area contributed by atoms with Crippen LogP contribution in [0.3, 0.4) is 0 Å². The van der Waals surface area contributed by atoms with Gasteiger partial charge < -0.3 is 20.1 Å². The van der Waals surface area contributed by atoms with E-state index in [1.807, 2.05) is 13.8 Å². The normalized spacial score (nSPS) is 14.6. The van der Waals surface area contributed by atoms with E-state index in [1.54, 1.807) is 28.9 Å². The number of hydrogen-bond acceptors (Lipinski definition) is 8. The number of carbonyl (C=O) groups is 1. The van der Waals surface area contributed by atoms with E-state index in [0.717, 1.165) is 0 Å². The molecule has 0 radical (unpaired) electrons. The summed E-state index contributed by atoms with van der Waals surface area (Å²) in [5.41, 5.74) is 7.46. The first-order chi connectivity index (χ1) is 15.8. The number of rotatable bonds is 6. The van der Waals surface area contributed by atoms with Gasteiger partial charge in [-0.25, -0.2) is 13.9 Å². The molecule has 4 rings (SSSR count). The first kappa shape index (κ1) is 22.5. The van der Waals surface area contributed by atoms with E-state index in [2.05, 4.69) is 20.5 Å².